The number of aromatic hydroxyl groups is 1. The second-order valence-electron chi connectivity index (χ2n) is 6.94. The van der Waals surface area contributed by atoms with Crippen molar-refractivity contribution in [2.45, 2.75) is 39.0 Å². The maximum absolute atomic E-state index is 12.8. The summed E-state index contributed by atoms with van der Waals surface area (Å²) in [5.74, 6) is -0.133. The number of benzene rings is 2. The monoisotopic (exact) mass is 378 g/mol. The first kappa shape index (κ1) is 19.7. The van der Waals surface area contributed by atoms with E-state index in [0.29, 0.717) is 16.9 Å². The van der Waals surface area contributed by atoms with Gasteiger partial charge in [-0.3, -0.25) is 0 Å². The summed E-state index contributed by atoms with van der Waals surface area (Å²) in [6.45, 7) is 7.73. The van der Waals surface area contributed by atoms with Crippen LogP contribution in [0, 0.1) is 0 Å². The highest BCUT2D eigenvalue weighted by Gasteiger charge is 2.29. The smallest absolute Gasteiger partial charge is 0.342 e. The van der Waals surface area contributed by atoms with Crippen LogP contribution in [-0.4, -0.2) is 17.7 Å². The summed E-state index contributed by atoms with van der Waals surface area (Å²) in [5.41, 5.74) is 3.44. The predicted molar refractivity (Wildman–Crippen MR) is 111 cm³/mol. The summed E-state index contributed by atoms with van der Waals surface area (Å²) < 4.78 is 10.9. The van der Waals surface area contributed by atoms with Crippen LogP contribution in [0.1, 0.15) is 54.9 Å². The number of hydrogen-bond acceptors (Lipinski definition) is 4. The molecular weight excluding hydrogens is 352 g/mol. The van der Waals surface area contributed by atoms with Gasteiger partial charge >= 0.3 is 5.97 Å². The molecule has 0 radical (unpaired) electrons. The standard InChI is InChI=1S/C24H26O4/c1-4-27-20-15-19(17-11-7-6-8-12-17)22(24(26)28-5-2)23(25)21(20)18-13-9-10-16(3)14-18/h4,6-8,11-12,14-15,18,25H,1,5,9-10,13H2,2-3H3. The fourth-order valence-corrected chi connectivity index (χ4v) is 3.80. The Kier molecular flexibility index (Phi) is 6.19. The number of rotatable bonds is 6. The molecule has 0 aromatic heterocycles. The van der Waals surface area contributed by atoms with E-state index in [2.05, 4.69) is 19.6 Å². The van der Waals surface area contributed by atoms with Crippen LogP contribution < -0.4 is 4.74 Å². The fourth-order valence-electron chi connectivity index (χ4n) is 3.80. The van der Waals surface area contributed by atoms with Gasteiger partial charge in [0, 0.05) is 17.0 Å². The van der Waals surface area contributed by atoms with Crippen molar-refractivity contribution >= 4 is 5.97 Å². The van der Waals surface area contributed by atoms with Crippen LogP contribution in [0.3, 0.4) is 0 Å². The molecule has 4 nitrogen and oxygen atoms in total. The van der Waals surface area contributed by atoms with E-state index in [1.807, 2.05) is 30.3 Å². The summed E-state index contributed by atoms with van der Waals surface area (Å²) in [6, 6.07) is 11.3. The molecule has 0 bridgehead atoms. The van der Waals surface area contributed by atoms with Crippen LogP contribution in [0.5, 0.6) is 11.5 Å². The molecule has 3 rings (SSSR count). The minimum atomic E-state index is -0.540. The number of phenols is 1. The third-order valence-corrected chi connectivity index (χ3v) is 5.02. The van der Waals surface area contributed by atoms with Crippen LogP contribution in [-0.2, 0) is 4.74 Å². The maximum Gasteiger partial charge on any atom is 0.342 e. The van der Waals surface area contributed by atoms with Crippen molar-refractivity contribution in [3.05, 3.63) is 72.0 Å². The quantitative estimate of drug-likeness (QED) is 0.382. The minimum absolute atomic E-state index is 0.0262. The van der Waals surface area contributed by atoms with Crippen LogP contribution in [0.15, 0.2) is 60.9 Å². The molecule has 0 saturated heterocycles. The number of ether oxygens (including phenoxy) is 2. The molecule has 0 aliphatic heterocycles. The van der Waals surface area contributed by atoms with Gasteiger partial charge in [0.15, 0.2) is 0 Å². The summed E-state index contributed by atoms with van der Waals surface area (Å²) in [5, 5.41) is 11.2. The third-order valence-electron chi connectivity index (χ3n) is 5.02. The highest BCUT2D eigenvalue weighted by Crippen LogP contribution is 2.46. The molecule has 0 amide bonds. The average Bonchev–Trinajstić information content (AvgIpc) is 2.68. The lowest BCUT2D eigenvalue weighted by Gasteiger charge is -2.25. The Morgan fingerprint density at radius 3 is 2.71 bits per heavy atom. The summed E-state index contributed by atoms with van der Waals surface area (Å²) >= 11 is 0. The highest BCUT2D eigenvalue weighted by molar-refractivity contribution is 6.01. The molecule has 1 N–H and O–H groups in total. The normalized spacial score (nSPS) is 16.2. The van der Waals surface area contributed by atoms with Crippen molar-refractivity contribution in [3.8, 4) is 22.6 Å². The molecule has 0 saturated carbocycles. The van der Waals surface area contributed by atoms with E-state index < -0.39 is 5.97 Å². The van der Waals surface area contributed by atoms with Crippen molar-refractivity contribution in [2.24, 2.45) is 0 Å². The molecule has 1 aliphatic rings. The van der Waals surface area contributed by atoms with Gasteiger partial charge in [0.2, 0.25) is 0 Å². The predicted octanol–water partition coefficient (Wildman–Crippen LogP) is 5.97. The number of phenolic OH excluding ortho intramolecular Hbond substituents is 1. The van der Waals surface area contributed by atoms with Crippen molar-refractivity contribution in [1.29, 1.82) is 0 Å². The van der Waals surface area contributed by atoms with Crippen molar-refractivity contribution < 1.29 is 19.4 Å². The second-order valence-corrected chi connectivity index (χ2v) is 6.94. The summed E-state index contributed by atoms with van der Waals surface area (Å²) in [7, 11) is 0. The molecule has 0 fully saturated rings. The molecule has 1 atom stereocenters. The minimum Gasteiger partial charge on any atom is -0.507 e. The molecular formula is C24H26O4. The second kappa shape index (κ2) is 8.79. The van der Waals surface area contributed by atoms with Gasteiger partial charge in [-0.15, -0.1) is 0 Å². The van der Waals surface area contributed by atoms with Gasteiger partial charge < -0.3 is 14.6 Å². The molecule has 2 aromatic carbocycles. The molecule has 28 heavy (non-hydrogen) atoms. The molecule has 2 aromatic rings. The molecule has 0 heterocycles. The van der Waals surface area contributed by atoms with Crippen LogP contribution >= 0.6 is 0 Å². The Hall–Kier alpha value is -3.01. The Labute approximate surface area is 166 Å². The first-order chi connectivity index (χ1) is 13.6. The first-order valence-electron chi connectivity index (χ1n) is 9.64. The van der Waals surface area contributed by atoms with Crippen LogP contribution in [0.4, 0.5) is 0 Å². The lowest BCUT2D eigenvalue weighted by molar-refractivity contribution is 0.0523. The number of carbonyl (C=O) groups is 1. The number of esters is 1. The van der Waals surface area contributed by atoms with E-state index >= 15 is 0 Å². The summed E-state index contributed by atoms with van der Waals surface area (Å²) in [6.07, 6.45) is 6.43. The zero-order chi connectivity index (χ0) is 20.1. The first-order valence-corrected chi connectivity index (χ1v) is 9.64. The van der Waals surface area contributed by atoms with E-state index in [4.69, 9.17) is 9.47 Å². The summed E-state index contributed by atoms with van der Waals surface area (Å²) in [4.78, 5) is 12.8. The van der Waals surface area contributed by atoms with Crippen LogP contribution in [0.2, 0.25) is 0 Å². The fraction of sp³-hybridized carbons (Fsp3) is 0.292. The third kappa shape index (κ3) is 3.96. The van der Waals surface area contributed by atoms with Gasteiger partial charge in [-0.2, -0.15) is 0 Å². The topological polar surface area (TPSA) is 55.8 Å². The molecule has 1 unspecified atom stereocenters. The number of carbonyl (C=O) groups excluding carboxylic acids is 1. The van der Waals surface area contributed by atoms with E-state index in [-0.39, 0.29) is 23.8 Å². The molecule has 1 aliphatic carbocycles. The highest BCUT2D eigenvalue weighted by atomic mass is 16.5. The van der Waals surface area contributed by atoms with E-state index in [0.717, 1.165) is 24.8 Å². The van der Waals surface area contributed by atoms with Gasteiger partial charge in [-0.25, -0.2) is 4.79 Å². The SMILES string of the molecule is C=COc1cc(-c2ccccc2)c(C(=O)OCC)c(O)c1C1C=C(C)CCC1. The molecule has 0 spiro atoms. The molecule has 146 valence electrons. The molecule has 4 heteroatoms. The number of allylic oxidation sites excluding steroid dienone is 2. The average molecular weight is 378 g/mol. The lowest BCUT2D eigenvalue weighted by Crippen LogP contribution is -2.11. The Bertz CT molecular complexity index is 897. The van der Waals surface area contributed by atoms with Crippen molar-refractivity contribution in [3.63, 3.8) is 0 Å². The van der Waals surface area contributed by atoms with E-state index in [1.165, 1.54) is 11.8 Å². The van der Waals surface area contributed by atoms with Crippen molar-refractivity contribution in [2.75, 3.05) is 6.61 Å². The van der Waals surface area contributed by atoms with Gasteiger partial charge in [0.1, 0.15) is 17.1 Å². The van der Waals surface area contributed by atoms with Crippen LogP contribution in [0.25, 0.3) is 11.1 Å². The Balaban J connectivity index is 2.28. The Morgan fingerprint density at radius 2 is 2.07 bits per heavy atom. The van der Waals surface area contributed by atoms with Gasteiger partial charge in [-0.1, -0.05) is 48.6 Å². The van der Waals surface area contributed by atoms with Gasteiger partial charge in [0.05, 0.1) is 12.9 Å². The van der Waals surface area contributed by atoms with Crippen molar-refractivity contribution in [1.82, 2.24) is 0 Å². The maximum atomic E-state index is 12.8. The van der Waals surface area contributed by atoms with Gasteiger partial charge in [-0.05, 0) is 44.7 Å². The zero-order valence-electron chi connectivity index (χ0n) is 16.4. The van der Waals surface area contributed by atoms with E-state index in [9.17, 15) is 9.90 Å². The zero-order valence-corrected chi connectivity index (χ0v) is 16.4. The van der Waals surface area contributed by atoms with Gasteiger partial charge in [0.25, 0.3) is 0 Å². The number of hydrogen-bond donors (Lipinski definition) is 1. The Morgan fingerprint density at radius 1 is 1.32 bits per heavy atom. The lowest BCUT2D eigenvalue weighted by atomic mass is 9.83. The largest absolute Gasteiger partial charge is 0.507 e. The van der Waals surface area contributed by atoms with E-state index in [1.54, 1.807) is 13.0 Å².